The average molecular weight is 424 g/mol. The molecule has 0 aromatic heterocycles. The highest BCUT2D eigenvalue weighted by atomic mass is 79.9. The molecule has 5 heteroatoms. The van der Waals surface area contributed by atoms with Crippen LogP contribution in [0.2, 0.25) is 0 Å². The van der Waals surface area contributed by atoms with Crippen LogP contribution < -0.4 is 5.32 Å². The molecule has 4 nitrogen and oxygen atoms in total. The Bertz CT molecular complexity index is 832. The van der Waals surface area contributed by atoms with Crippen LogP contribution in [0.25, 0.3) is 0 Å². The van der Waals surface area contributed by atoms with Gasteiger partial charge in [0.25, 0.3) is 5.91 Å². The minimum absolute atomic E-state index is 0.138. The summed E-state index contributed by atoms with van der Waals surface area (Å²) >= 11 is 3.36. The molecule has 1 fully saturated rings. The van der Waals surface area contributed by atoms with Crippen molar-refractivity contribution >= 4 is 27.5 Å². The number of halogens is 1. The van der Waals surface area contributed by atoms with Crippen LogP contribution in [0.4, 0.5) is 5.69 Å². The molecule has 0 unspecified atom stereocenters. The van der Waals surface area contributed by atoms with E-state index in [1.54, 1.807) is 18.3 Å². The van der Waals surface area contributed by atoms with Crippen molar-refractivity contribution in [3.63, 3.8) is 0 Å². The molecule has 0 spiro atoms. The molecule has 0 bridgehead atoms. The fourth-order valence-electron chi connectivity index (χ4n) is 3.29. The highest BCUT2D eigenvalue weighted by Gasteiger charge is 2.19. The zero-order chi connectivity index (χ0) is 19.1. The molecule has 1 heterocycles. The molecule has 1 aliphatic heterocycles. The summed E-state index contributed by atoms with van der Waals surface area (Å²) in [6.45, 7) is 1.74. The molecule has 1 amide bonds. The zero-order valence-electron chi connectivity index (χ0n) is 15.1. The minimum atomic E-state index is -0.369. The maximum absolute atomic E-state index is 12.4. The SMILES string of the molecule is N#C/C(=C/N1CCC(Cc2ccccc2)CC1)C(=O)Nc1ccc(Br)cc1. The van der Waals surface area contributed by atoms with E-state index in [-0.39, 0.29) is 11.5 Å². The standard InChI is InChI=1S/C22H22BrN3O/c23-20-6-8-21(9-7-20)25-22(27)19(15-24)16-26-12-10-18(11-13-26)14-17-4-2-1-3-5-17/h1-9,16,18H,10-14H2,(H,25,27)/b19-16-. The fraction of sp³-hybridized carbons (Fsp3) is 0.273. The van der Waals surface area contributed by atoms with Crippen molar-refractivity contribution in [2.75, 3.05) is 18.4 Å². The van der Waals surface area contributed by atoms with E-state index in [4.69, 9.17) is 0 Å². The summed E-state index contributed by atoms with van der Waals surface area (Å²) in [6.07, 6.45) is 4.93. The van der Waals surface area contributed by atoms with Crippen LogP contribution in [-0.2, 0) is 11.2 Å². The molecular weight excluding hydrogens is 402 g/mol. The first-order valence-corrected chi connectivity index (χ1v) is 9.90. The summed E-state index contributed by atoms with van der Waals surface area (Å²) in [4.78, 5) is 14.5. The molecule has 0 aliphatic carbocycles. The summed E-state index contributed by atoms with van der Waals surface area (Å²) in [6, 6.07) is 19.9. The highest BCUT2D eigenvalue weighted by molar-refractivity contribution is 9.10. The van der Waals surface area contributed by atoms with E-state index in [0.29, 0.717) is 11.6 Å². The summed E-state index contributed by atoms with van der Waals surface area (Å²) in [5, 5.41) is 12.2. The number of benzene rings is 2. The number of likely N-dealkylation sites (tertiary alicyclic amines) is 1. The van der Waals surface area contributed by atoms with Gasteiger partial charge in [-0.25, -0.2) is 0 Å². The Kier molecular flexibility index (Phi) is 6.67. The monoisotopic (exact) mass is 423 g/mol. The summed E-state index contributed by atoms with van der Waals surface area (Å²) in [5.74, 6) is 0.283. The molecule has 0 atom stereocenters. The Labute approximate surface area is 168 Å². The fourth-order valence-corrected chi connectivity index (χ4v) is 3.55. The summed E-state index contributed by atoms with van der Waals surface area (Å²) in [5.41, 5.74) is 2.18. The van der Waals surface area contributed by atoms with Gasteiger partial charge in [0.05, 0.1) is 0 Å². The Balaban J connectivity index is 1.54. The van der Waals surface area contributed by atoms with Crippen LogP contribution in [0.5, 0.6) is 0 Å². The molecule has 2 aromatic rings. The maximum atomic E-state index is 12.4. The van der Waals surface area contributed by atoms with Gasteiger partial charge in [-0.05, 0) is 55.0 Å². The number of anilines is 1. The second-order valence-electron chi connectivity index (χ2n) is 6.78. The van der Waals surface area contributed by atoms with Crippen LogP contribution in [0, 0.1) is 17.2 Å². The lowest BCUT2D eigenvalue weighted by Crippen LogP contribution is -2.31. The normalized spacial score (nSPS) is 15.3. The number of piperidine rings is 1. The van der Waals surface area contributed by atoms with Crippen molar-refractivity contribution in [2.24, 2.45) is 5.92 Å². The minimum Gasteiger partial charge on any atom is -0.376 e. The van der Waals surface area contributed by atoms with E-state index in [0.717, 1.165) is 36.8 Å². The number of amides is 1. The zero-order valence-corrected chi connectivity index (χ0v) is 16.7. The largest absolute Gasteiger partial charge is 0.376 e. The topological polar surface area (TPSA) is 56.1 Å². The van der Waals surface area contributed by atoms with Crippen LogP contribution in [0.15, 0.2) is 70.8 Å². The van der Waals surface area contributed by atoms with Crippen LogP contribution in [-0.4, -0.2) is 23.9 Å². The van der Waals surface area contributed by atoms with Gasteiger partial charge in [-0.1, -0.05) is 46.3 Å². The van der Waals surface area contributed by atoms with Gasteiger partial charge in [-0.2, -0.15) is 5.26 Å². The first-order valence-electron chi connectivity index (χ1n) is 9.11. The van der Waals surface area contributed by atoms with E-state index < -0.39 is 0 Å². The van der Waals surface area contributed by atoms with Gasteiger partial charge in [0.1, 0.15) is 11.6 Å². The Morgan fingerprint density at radius 3 is 2.44 bits per heavy atom. The molecule has 1 N–H and O–H groups in total. The first-order chi connectivity index (χ1) is 13.1. The van der Waals surface area contributed by atoms with Crippen LogP contribution >= 0.6 is 15.9 Å². The van der Waals surface area contributed by atoms with Crippen molar-refractivity contribution in [2.45, 2.75) is 19.3 Å². The van der Waals surface area contributed by atoms with E-state index in [1.165, 1.54) is 5.56 Å². The van der Waals surface area contributed by atoms with Crippen LogP contribution in [0.3, 0.4) is 0 Å². The molecule has 138 valence electrons. The molecule has 1 saturated heterocycles. The van der Waals surface area contributed by atoms with Crippen molar-refractivity contribution in [3.05, 3.63) is 76.4 Å². The highest BCUT2D eigenvalue weighted by Crippen LogP contribution is 2.22. The third-order valence-electron chi connectivity index (χ3n) is 4.80. The number of carbonyl (C=O) groups is 1. The number of rotatable bonds is 5. The lowest BCUT2D eigenvalue weighted by molar-refractivity contribution is -0.112. The van der Waals surface area contributed by atoms with Crippen LogP contribution in [0.1, 0.15) is 18.4 Å². The van der Waals surface area contributed by atoms with E-state index in [2.05, 4.69) is 50.4 Å². The van der Waals surface area contributed by atoms with Crippen molar-refractivity contribution in [1.29, 1.82) is 5.26 Å². The van der Waals surface area contributed by atoms with Crippen molar-refractivity contribution in [1.82, 2.24) is 4.90 Å². The Morgan fingerprint density at radius 1 is 1.15 bits per heavy atom. The third-order valence-corrected chi connectivity index (χ3v) is 5.32. The van der Waals surface area contributed by atoms with Gasteiger partial charge in [-0.15, -0.1) is 0 Å². The maximum Gasteiger partial charge on any atom is 0.267 e. The predicted octanol–water partition coefficient (Wildman–Crippen LogP) is 4.75. The number of nitriles is 1. The Hall–Kier alpha value is -2.58. The molecule has 0 radical (unpaired) electrons. The van der Waals surface area contributed by atoms with Gasteiger partial charge in [-0.3, -0.25) is 4.79 Å². The number of carbonyl (C=O) groups excluding carboxylic acids is 1. The van der Waals surface area contributed by atoms with Gasteiger partial charge >= 0.3 is 0 Å². The second-order valence-corrected chi connectivity index (χ2v) is 7.70. The number of hydrogen-bond donors (Lipinski definition) is 1. The summed E-state index contributed by atoms with van der Waals surface area (Å²) < 4.78 is 0.940. The lowest BCUT2D eigenvalue weighted by Gasteiger charge is -2.31. The van der Waals surface area contributed by atoms with E-state index >= 15 is 0 Å². The number of nitrogens with one attached hydrogen (secondary N) is 1. The van der Waals surface area contributed by atoms with Gasteiger partial charge in [0.15, 0.2) is 0 Å². The molecule has 3 rings (SSSR count). The number of hydrogen-bond acceptors (Lipinski definition) is 3. The molecule has 27 heavy (non-hydrogen) atoms. The predicted molar refractivity (Wildman–Crippen MR) is 111 cm³/mol. The molecule has 0 saturated carbocycles. The summed E-state index contributed by atoms with van der Waals surface area (Å²) in [7, 11) is 0. The van der Waals surface area contributed by atoms with Gasteiger partial charge in [0, 0.05) is 29.4 Å². The van der Waals surface area contributed by atoms with E-state index in [9.17, 15) is 10.1 Å². The first kappa shape index (κ1) is 19.2. The lowest BCUT2D eigenvalue weighted by atomic mass is 9.90. The van der Waals surface area contributed by atoms with E-state index in [1.807, 2.05) is 24.3 Å². The second kappa shape index (κ2) is 9.38. The Morgan fingerprint density at radius 2 is 1.81 bits per heavy atom. The van der Waals surface area contributed by atoms with Crippen molar-refractivity contribution in [3.8, 4) is 6.07 Å². The quantitative estimate of drug-likeness (QED) is 0.557. The molecular formula is C22H22BrN3O. The third kappa shape index (κ3) is 5.70. The van der Waals surface area contributed by atoms with Gasteiger partial charge < -0.3 is 10.2 Å². The average Bonchev–Trinajstić information content (AvgIpc) is 2.70. The smallest absolute Gasteiger partial charge is 0.267 e. The number of nitrogens with zero attached hydrogens (tertiary/aromatic N) is 2. The molecule has 1 aliphatic rings. The molecule has 2 aromatic carbocycles. The van der Waals surface area contributed by atoms with Crippen molar-refractivity contribution < 1.29 is 4.79 Å². The van der Waals surface area contributed by atoms with Gasteiger partial charge in [0.2, 0.25) is 0 Å².